The molecule has 3 unspecified atom stereocenters. The molecule has 0 amide bonds. The van der Waals surface area contributed by atoms with E-state index in [4.69, 9.17) is 0 Å². The van der Waals surface area contributed by atoms with E-state index in [2.05, 4.69) is 48.5 Å². The van der Waals surface area contributed by atoms with Gasteiger partial charge < -0.3 is 10.2 Å². The highest BCUT2D eigenvalue weighted by Gasteiger charge is 2.31. The Balaban J connectivity index is 1.70. The first-order valence-corrected chi connectivity index (χ1v) is 8.32. The van der Waals surface area contributed by atoms with Gasteiger partial charge in [-0.15, -0.1) is 0 Å². The highest BCUT2D eigenvalue weighted by Crippen LogP contribution is 2.35. The third-order valence-electron chi connectivity index (χ3n) is 5.48. The van der Waals surface area contributed by atoms with Gasteiger partial charge in [0.2, 0.25) is 0 Å². The normalized spacial score (nSPS) is 29.5. The monoisotopic (exact) mass is 272 g/mol. The van der Waals surface area contributed by atoms with Gasteiger partial charge >= 0.3 is 0 Å². The summed E-state index contributed by atoms with van der Waals surface area (Å²) in [7, 11) is 2.14. The zero-order valence-corrected chi connectivity index (χ0v) is 12.9. The number of nitrogens with zero attached hydrogens (tertiary/aromatic N) is 1. The first kappa shape index (κ1) is 13.9. The molecule has 1 aliphatic heterocycles. The molecular weight excluding hydrogens is 244 g/mol. The zero-order chi connectivity index (χ0) is 13.9. The summed E-state index contributed by atoms with van der Waals surface area (Å²) >= 11 is 0. The highest BCUT2D eigenvalue weighted by atomic mass is 15.2. The number of rotatable bonds is 4. The summed E-state index contributed by atoms with van der Waals surface area (Å²) in [5, 5.41) is 3.57. The molecule has 0 aromatic heterocycles. The fourth-order valence-electron chi connectivity index (χ4n) is 4.19. The van der Waals surface area contributed by atoms with Crippen LogP contribution < -0.4 is 10.2 Å². The molecule has 20 heavy (non-hydrogen) atoms. The van der Waals surface area contributed by atoms with Crippen LogP contribution in [0.4, 0.5) is 5.69 Å². The molecule has 0 saturated heterocycles. The second-order valence-corrected chi connectivity index (χ2v) is 6.57. The van der Waals surface area contributed by atoms with Crippen molar-refractivity contribution in [3.05, 3.63) is 29.8 Å². The topological polar surface area (TPSA) is 15.3 Å². The lowest BCUT2D eigenvalue weighted by Crippen LogP contribution is -2.44. The van der Waals surface area contributed by atoms with E-state index < -0.39 is 0 Å². The second kappa shape index (κ2) is 6.17. The summed E-state index contributed by atoms with van der Waals surface area (Å²) in [6.45, 7) is 4.80. The molecule has 0 spiro atoms. The Hall–Kier alpha value is -1.02. The Morgan fingerprint density at radius 2 is 2.10 bits per heavy atom. The van der Waals surface area contributed by atoms with Crippen molar-refractivity contribution in [2.24, 2.45) is 11.8 Å². The zero-order valence-electron chi connectivity index (χ0n) is 12.9. The first-order chi connectivity index (χ1) is 9.81. The van der Waals surface area contributed by atoms with E-state index in [0.29, 0.717) is 6.04 Å². The molecular formula is C18H28N2. The van der Waals surface area contributed by atoms with E-state index in [1.807, 2.05) is 0 Å². The predicted molar refractivity (Wildman–Crippen MR) is 86.3 cm³/mol. The van der Waals surface area contributed by atoms with E-state index in [1.54, 1.807) is 0 Å². The molecule has 110 valence electrons. The number of hydrogen-bond donors (Lipinski definition) is 1. The Morgan fingerprint density at radius 3 is 2.90 bits per heavy atom. The molecule has 3 rings (SSSR count). The summed E-state index contributed by atoms with van der Waals surface area (Å²) in [6, 6.07) is 9.66. The van der Waals surface area contributed by atoms with Crippen LogP contribution in [-0.2, 0) is 6.42 Å². The number of fused-ring (bicyclic) bond motifs is 1. The average Bonchev–Trinajstić information content (AvgIpc) is 2.90. The SMILES string of the molecule is CCC1CCC(NC)C(CN2CCc3ccccc32)C1. The fraction of sp³-hybridized carbons (Fsp3) is 0.667. The summed E-state index contributed by atoms with van der Waals surface area (Å²) in [4.78, 5) is 2.63. The van der Waals surface area contributed by atoms with Crippen molar-refractivity contribution in [2.45, 2.75) is 45.1 Å². The lowest BCUT2D eigenvalue weighted by molar-refractivity contribution is 0.209. The molecule has 1 N–H and O–H groups in total. The van der Waals surface area contributed by atoms with E-state index in [1.165, 1.54) is 56.4 Å². The maximum absolute atomic E-state index is 3.57. The molecule has 1 saturated carbocycles. The number of hydrogen-bond acceptors (Lipinski definition) is 2. The van der Waals surface area contributed by atoms with E-state index in [9.17, 15) is 0 Å². The van der Waals surface area contributed by atoms with Gasteiger partial charge in [-0.1, -0.05) is 31.5 Å². The van der Waals surface area contributed by atoms with Crippen LogP contribution in [0.5, 0.6) is 0 Å². The van der Waals surface area contributed by atoms with Crippen LogP contribution in [0.25, 0.3) is 0 Å². The predicted octanol–water partition coefficient (Wildman–Crippen LogP) is 3.46. The second-order valence-electron chi connectivity index (χ2n) is 6.57. The van der Waals surface area contributed by atoms with Crippen LogP contribution in [0.2, 0.25) is 0 Å². The lowest BCUT2D eigenvalue weighted by atomic mass is 9.76. The van der Waals surface area contributed by atoms with Crippen molar-refractivity contribution in [3.63, 3.8) is 0 Å². The van der Waals surface area contributed by atoms with Crippen LogP contribution in [-0.4, -0.2) is 26.2 Å². The number of nitrogens with one attached hydrogen (secondary N) is 1. The minimum absolute atomic E-state index is 0.713. The molecule has 1 aromatic carbocycles. The molecule has 2 aliphatic rings. The molecule has 0 bridgehead atoms. The van der Waals surface area contributed by atoms with Crippen molar-refractivity contribution in [1.82, 2.24) is 5.32 Å². The van der Waals surface area contributed by atoms with Crippen LogP contribution in [0, 0.1) is 11.8 Å². The Kier molecular flexibility index (Phi) is 4.30. The number of benzene rings is 1. The van der Waals surface area contributed by atoms with Crippen molar-refractivity contribution >= 4 is 5.69 Å². The number of para-hydroxylation sites is 1. The minimum atomic E-state index is 0.713. The van der Waals surface area contributed by atoms with Gasteiger partial charge in [0, 0.05) is 24.8 Å². The third kappa shape index (κ3) is 2.71. The van der Waals surface area contributed by atoms with Gasteiger partial charge in [0.15, 0.2) is 0 Å². The number of anilines is 1. The third-order valence-corrected chi connectivity index (χ3v) is 5.48. The van der Waals surface area contributed by atoms with Gasteiger partial charge in [0.25, 0.3) is 0 Å². The van der Waals surface area contributed by atoms with Crippen LogP contribution in [0.3, 0.4) is 0 Å². The van der Waals surface area contributed by atoms with E-state index in [0.717, 1.165) is 11.8 Å². The summed E-state index contributed by atoms with van der Waals surface area (Å²) in [5.74, 6) is 1.76. The largest absolute Gasteiger partial charge is 0.371 e. The average molecular weight is 272 g/mol. The first-order valence-electron chi connectivity index (χ1n) is 8.32. The molecule has 1 aliphatic carbocycles. The van der Waals surface area contributed by atoms with Gasteiger partial charge in [-0.25, -0.2) is 0 Å². The van der Waals surface area contributed by atoms with Gasteiger partial charge in [-0.05, 0) is 56.2 Å². The molecule has 1 fully saturated rings. The van der Waals surface area contributed by atoms with Gasteiger partial charge in [-0.3, -0.25) is 0 Å². The Labute approximate surface area is 123 Å². The van der Waals surface area contributed by atoms with Crippen molar-refractivity contribution < 1.29 is 0 Å². The highest BCUT2D eigenvalue weighted by molar-refractivity contribution is 5.57. The van der Waals surface area contributed by atoms with Crippen molar-refractivity contribution in [3.8, 4) is 0 Å². The molecule has 3 atom stereocenters. The Bertz CT molecular complexity index is 443. The summed E-state index contributed by atoms with van der Waals surface area (Å²) in [6.07, 6.45) is 6.75. The van der Waals surface area contributed by atoms with Crippen LogP contribution >= 0.6 is 0 Å². The maximum Gasteiger partial charge on any atom is 0.0399 e. The smallest absolute Gasteiger partial charge is 0.0399 e. The molecule has 2 heteroatoms. The minimum Gasteiger partial charge on any atom is -0.371 e. The molecule has 1 heterocycles. The summed E-state index contributed by atoms with van der Waals surface area (Å²) in [5.41, 5.74) is 3.03. The van der Waals surface area contributed by atoms with Crippen molar-refractivity contribution in [1.29, 1.82) is 0 Å². The van der Waals surface area contributed by atoms with Gasteiger partial charge in [0.05, 0.1) is 0 Å². The molecule has 1 aromatic rings. The van der Waals surface area contributed by atoms with Gasteiger partial charge in [0.1, 0.15) is 0 Å². The molecule has 2 nitrogen and oxygen atoms in total. The summed E-state index contributed by atoms with van der Waals surface area (Å²) < 4.78 is 0. The van der Waals surface area contributed by atoms with Crippen LogP contribution in [0.15, 0.2) is 24.3 Å². The maximum atomic E-state index is 3.57. The van der Waals surface area contributed by atoms with Gasteiger partial charge in [-0.2, -0.15) is 0 Å². The quantitative estimate of drug-likeness (QED) is 0.903. The van der Waals surface area contributed by atoms with E-state index >= 15 is 0 Å². The fourth-order valence-corrected chi connectivity index (χ4v) is 4.19. The van der Waals surface area contributed by atoms with E-state index in [-0.39, 0.29) is 0 Å². The molecule has 0 radical (unpaired) electrons. The lowest BCUT2D eigenvalue weighted by Gasteiger charge is -2.38. The van der Waals surface area contributed by atoms with Crippen molar-refractivity contribution in [2.75, 3.05) is 25.0 Å². The van der Waals surface area contributed by atoms with Crippen LogP contribution in [0.1, 0.15) is 38.2 Å². The standard InChI is InChI=1S/C18H28N2/c1-3-14-8-9-17(19-2)16(12-14)13-20-11-10-15-6-4-5-7-18(15)20/h4-7,14,16-17,19H,3,8-13H2,1-2H3. The Morgan fingerprint density at radius 1 is 1.25 bits per heavy atom.